The molecule has 2 heterocycles. The van der Waals surface area contributed by atoms with Crippen LogP contribution in [0.1, 0.15) is 60.5 Å². The molecule has 182 valence electrons. The van der Waals surface area contributed by atoms with Gasteiger partial charge in [-0.15, -0.1) is 0 Å². The van der Waals surface area contributed by atoms with Gasteiger partial charge in [0.1, 0.15) is 11.4 Å². The summed E-state index contributed by atoms with van der Waals surface area (Å²) in [4.78, 5) is 26.7. The van der Waals surface area contributed by atoms with Gasteiger partial charge in [-0.2, -0.15) is 0 Å². The van der Waals surface area contributed by atoms with Crippen LogP contribution in [0.4, 0.5) is 4.79 Å². The van der Waals surface area contributed by atoms with Crippen LogP contribution in [0.2, 0.25) is 0 Å². The molecule has 0 radical (unpaired) electrons. The van der Waals surface area contributed by atoms with Gasteiger partial charge in [0, 0.05) is 18.7 Å². The lowest BCUT2D eigenvalue weighted by Crippen LogP contribution is -2.41. The van der Waals surface area contributed by atoms with Crippen molar-refractivity contribution in [2.24, 2.45) is 0 Å². The molecule has 9 heteroatoms. The minimum atomic E-state index is -0.555. The number of amides is 2. The van der Waals surface area contributed by atoms with E-state index in [0.29, 0.717) is 25.3 Å². The lowest BCUT2D eigenvalue weighted by Gasteiger charge is -2.32. The highest BCUT2D eigenvalue weighted by Gasteiger charge is 2.51. The van der Waals surface area contributed by atoms with E-state index < -0.39 is 30.0 Å². The molecule has 0 aliphatic carbocycles. The van der Waals surface area contributed by atoms with Gasteiger partial charge in [0.05, 0.1) is 30.8 Å². The molecule has 3 rings (SSSR count). The minimum absolute atomic E-state index is 0.00910. The van der Waals surface area contributed by atoms with Crippen molar-refractivity contribution in [3.8, 4) is 5.75 Å². The molecule has 1 aromatic rings. The average molecular weight is 460 g/mol. The Balaban J connectivity index is 1.61. The Bertz CT molecular complexity index is 879. The first-order valence-corrected chi connectivity index (χ1v) is 11.5. The maximum Gasteiger partial charge on any atom is 0.494 e. The fourth-order valence-electron chi connectivity index (χ4n) is 3.89. The van der Waals surface area contributed by atoms with Crippen molar-refractivity contribution in [3.63, 3.8) is 0 Å². The summed E-state index contributed by atoms with van der Waals surface area (Å²) in [5.41, 5.74) is 0.232. The normalized spacial score (nSPS) is 21.8. The first-order chi connectivity index (χ1) is 15.2. The number of likely N-dealkylation sites (tertiary alicyclic amines) is 1. The summed E-state index contributed by atoms with van der Waals surface area (Å²) >= 11 is 0. The maximum atomic E-state index is 12.9. The van der Waals surface area contributed by atoms with Crippen molar-refractivity contribution in [1.82, 2.24) is 10.2 Å². The van der Waals surface area contributed by atoms with Crippen molar-refractivity contribution < 1.29 is 28.4 Å². The molecule has 33 heavy (non-hydrogen) atoms. The van der Waals surface area contributed by atoms with Crippen LogP contribution in [0.25, 0.3) is 0 Å². The lowest BCUT2D eigenvalue weighted by atomic mass is 9.78. The van der Waals surface area contributed by atoms with Crippen LogP contribution >= 0.6 is 0 Å². The average Bonchev–Trinajstić information content (AvgIpc) is 3.22. The summed E-state index contributed by atoms with van der Waals surface area (Å²) < 4.78 is 23.1. The number of carbonyl (C=O) groups excluding carboxylic acids is 2. The number of methoxy groups -OCH3 is 1. The van der Waals surface area contributed by atoms with E-state index in [0.717, 1.165) is 11.0 Å². The molecular formula is C24H37BN2O6. The van der Waals surface area contributed by atoms with E-state index >= 15 is 0 Å². The molecule has 2 fully saturated rings. The van der Waals surface area contributed by atoms with Crippen LogP contribution in [0.3, 0.4) is 0 Å². The minimum Gasteiger partial charge on any atom is -0.496 e. The number of benzene rings is 1. The summed E-state index contributed by atoms with van der Waals surface area (Å²) in [6.07, 6.45) is 0.455. The monoisotopic (exact) mass is 460 g/mol. The molecule has 1 aromatic carbocycles. The third kappa shape index (κ3) is 6.01. The van der Waals surface area contributed by atoms with Gasteiger partial charge in [-0.25, -0.2) is 4.79 Å². The molecule has 0 aromatic heterocycles. The van der Waals surface area contributed by atoms with Crippen molar-refractivity contribution >= 4 is 24.6 Å². The summed E-state index contributed by atoms with van der Waals surface area (Å²) in [5, 5.41) is 2.85. The molecule has 2 aliphatic rings. The Morgan fingerprint density at radius 3 is 2.39 bits per heavy atom. The van der Waals surface area contributed by atoms with Gasteiger partial charge in [0.2, 0.25) is 5.91 Å². The van der Waals surface area contributed by atoms with Gasteiger partial charge in [-0.3, -0.25) is 4.79 Å². The number of hydrogen-bond donors (Lipinski definition) is 1. The van der Waals surface area contributed by atoms with Crippen LogP contribution in [-0.4, -0.2) is 67.1 Å². The molecule has 0 spiro atoms. The molecule has 0 saturated carbocycles. The van der Waals surface area contributed by atoms with E-state index in [-0.39, 0.29) is 18.4 Å². The fraction of sp³-hybridized carbons (Fsp3) is 0.667. The topological polar surface area (TPSA) is 86.3 Å². The predicted molar refractivity (Wildman–Crippen MR) is 127 cm³/mol. The second kappa shape index (κ2) is 9.18. The molecule has 0 bridgehead atoms. The van der Waals surface area contributed by atoms with E-state index in [9.17, 15) is 9.59 Å². The number of ether oxygens (including phenoxy) is 2. The zero-order valence-corrected chi connectivity index (χ0v) is 21.1. The predicted octanol–water partition coefficient (Wildman–Crippen LogP) is 2.66. The van der Waals surface area contributed by atoms with Gasteiger partial charge in [-0.1, -0.05) is 12.1 Å². The van der Waals surface area contributed by atoms with Gasteiger partial charge >= 0.3 is 13.2 Å². The largest absolute Gasteiger partial charge is 0.496 e. The smallest absolute Gasteiger partial charge is 0.494 e. The van der Waals surface area contributed by atoms with E-state index in [1.54, 1.807) is 12.0 Å². The van der Waals surface area contributed by atoms with Gasteiger partial charge < -0.3 is 29.0 Å². The van der Waals surface area contributed by atoms with E-state index in [1.807, 2.05) is 66.7 Å². The number of nitrogens with one attached hydrogen (secondary N) is 1. The Labute approximate surface area is 197 Å². The van der Waals surface area contributed by atoms with Crippen LogP contribution in [0, 0.1) is 0 Å². The molecule has 2 saturated heterocycles. The molecule has 0 unspecified atom stereocenters. The van der Waals surface area contributed by atoms with Crippen molar-refractivity contribution in [2.75, 3.05) is 20.2 Å². The number of alkyl carbamates (subject to hydrolysis) is 1. The number of rotatable bonds is 5. The van der Waals surface area contributed by atoms with Crippen LogP contribution < -0.4 is 15.5 Å². The third-order valence-corrected chi connectivity index (χ3v) is 6.44. The third-order valence-electron chi connectivity index (χ3n) is 6.44. The zero-order chi connectivity index (χ0) is 24.6. The molecular weight excluding hydrogens is 423 g/mol. The lowest BCUT2D eigenvalue weighted by molar-refractivity contribution is -0.129. The van der Waals surface area contributed by atoms with Gasteiger partial charge in [0.25, 0.3) is 0 Å². The molecule has 1 N–H and O–H groups in total. The van der Waals surface area contributed by atoms with Crippen LogP contribution in [0.15, 0.2) is 18.2 Å². The van der Waals surface area contributed by atoms with Crippen molar-refractivity contribution in [3.05, 3.63) is 23.8 Å². The van der Waals surface area contributed by atoms with E-state index in [1.165, 1.54) is 0 Å². The standard InChI is InChI=1S/C24H37BN2O6/c1-22(2,3)31-21(29)26-18-11-12-27(15-18)20(28)13-16-9-10-17(14-19(16)30-8)25-32-23(4,5)24(6,7)33-25/h9-10,14,18H,11-13,15H2,1-8H3,(H,26,29)/t18-/m0/s1. The first-order valence-electron chi connectivity index (χ1n) is 11.5. The highest BCUT2D eigenvalue weighted by atomic mass is 16.7. The van der Waals surface area contributed by atoms with E-state index in [4.69, 9.17) is 18.8 Å². The number of nitrogens with zero attached hydrogens (tertiary/aromatic N) is 1. The fourth-order valence-corrected chi connectivity index (χ4v) is 3.89. The second-order valence-corrected chi connectivity index (χ2v) is 10.8. The maximum absolute atomic E-state index is 12.9. The van der Waals surface area contributed by atoms with Crippen LogP contribution in [0.5, 0.6) is 5.75 Å². The molecule has 2 amide bonds. The molecule has 8 nitrogen and oxygen atoms in total. The van der Waals surface area contributed by atoms with Crippen molar-refractivity contribution in [1.29, 1.82) is 0 Å². The summed E-state index contributed by atoms with van der Waals surface area (Å²) in [5.74, 6) is 0.614. The summed E-state index contributed by atoms with van der Waals surface area (Å²) in [6.45, 7) is 14.6. The SMILES string of the molecule is COc1cc(B2OC(C)(C)C(C)(C)O2)ccc1CC(=O)N1CC[C@H](NC(=O)OC(C)(C)C)C1. The highest BCUT2D eigenvalue weighted by molar-refractivity contribution is 6.62. The number of carbonyl (C=O) groups is 2. The Morgan fingerprint density at radius 1 is 1.18 bits per heavy atom. The van der Waals surface area contributed by atoms with Crippen molar-refractivity contribution in [2.45, 2.75) is 84.2 Å². The second-order valence-electron chi connectivity index (χ2n) is 10.8. The Morgan fingerprint density at radius 2 is 1.82 bits per heavy atom. The molecule has 1 atom stereocenters. The Hall–Kier alpha value is -2.26. The first kappa shape index (κ1) is 25.4. The highest BCUT2D eigenvalue weighted by Crippen LogP contribution is 2.36. The summed E-state index contributed by atoms with van der Waals surface area (Å²) in [7, 11) is 1.10. The van der Waals surface area contributed by atoms with Crippen LogP contribution in [-0.2, 0) is 25.3 Å². The number of hydrogen-bond acceptors (Lipinski definition) is 6. The van der Waals surface area contributed by atoms with Gasteiger partial charge in [0.15, 0.2) is 0 Å². The van der Waals surface area contributed by atoms with Gasteiger partial charge in [-0.05, 0) is 66.4 Å². The zero-order valence-electron chi connectivity index (χ0n) is 21.1. The molecule has 2 aliphatic heterocycles. The quantitative estimate of drug-likeness (QED) is 0.681. The van der Waals surface area contributed by atoms with E-state index in [2.05, 4.69) is 5.32 Å². The Kier molecular flexibility index (Phi) is 7.06. The summed E-state index contributed by atoms with van der Waals surface area (Å²) in [6, 6.07) is 5.58.